The van der Waals surface area contributed by atoms with Crippen molar-refractivity contribution in [2.75, 3.05) is 0 Å². The number of carboxylic acids is 1. The van der Waals surface area contributed by atoms with Gasteiger partial charge in [0.15, 0.2) is 0 Å². The average Bonchev–Trinajstić information content (AvgIpc) is 2.63. The van der Waals surface area contributed by atoms with Gasteiger partial charge in [-0.3, -0.25) is 4.79 Å². The van der Waals surface area contributed by atoms with E-state index in [1.54, 1.807) is 48.6 Å². The van der Waals surface area contributed by atoms with Gasteiger partial charge in [0.05, 0.1) is 18.3 Å². The van der Waals surface area contributed by atoms with Crippen LogP contribution in [0.4, 0.5) is 0 Å². The van der Waals surface area contributed by atoms with E-state index in [-0.39, 0.29) is 6.42 Å². The first-order valence-electron chi connectivity index (χ1n) is 9.56. The van der Waals surface area contributed by atoms with E-state index in [0.29, 0.717) is 19.3 Å². The Hall–Kier alpha value is -1.95. The Morgan fingerprint density at radius 2 is 1.48 bits per heavy atom. The molecule has 0 aliphatic carbocycles. The number of rotatable bonds is 15. The van der Waals surface area contributed by atoms with Gasteiger partial charge < -0.3 is 20.4 Å². The third-order valence-corrected chi connectivity index (χ3v) is 3.76. The summed E-state index contributed by atoms with van der Waals surface area (Å²) in [5, 5.41) is 37.8. The van der Waals surface area contributed by atoms with Gasteiger partial charge in [-0.25, -0.2) is 0 Å². The maximum absolute atomic E-state index is 10.4. The fraction of sp³-hybridized carbons (Fsp3) is 0.500. The monoisotopic (exact) mass is 378 g/mol. The minimum absolute atomic E-state index is 0.182. The van der Waals surface area contributed by atoms with Crippen LogP contribution in [0.2, 0.25) is 0 Å². The fourth-order valence-corrected chi connectivity index (χ4v) is 2.20. The predicted octanol–water partition coefficient (Wildman–Crippen LogP) is 3.69. The van der Waals surface area contributed by atoms with E-state index in [1.807, 2.05) is 19.1 Å². The van der Waals surface area contributed by atoms with Crippen molar-refractivity contribution in [1.82, 2.24) is 0 Å². The number of hydrogen-bond acceptors (Lipinski definition) is 4. The molecule has 5 nitrogen and oxygen atoms in total. The topological polar surface area (TPSA) is 98.0 Å². The highest BCUT2D eigenvalue weighted by Gasteiger charge is 2.10. The Morgan fingerprint density at radius 3 is 2.11 bits per heavy atom. The quantitative estimate of drug-likeness (QED) is 0.198. The molecule has 4 N–H and O–H groups in total. The molecule has 0 saturated heterocycles. The zero-order valence-electron chi connectivity index (χ0n) is 16.2. The van der Waals surface area contributed by atoms with Gasteiger partial charge in [-0.1, -0.05) is 80.5 Å². The smallest absolute Gasteiger partial charge is 0.303 e. The summed E-state index contributed by atoms with van der Waals surface area (Å²) in [5.74, 6) is -0.779. The van der Waals surface area contributed by atoms with Crippen molar-refractivity contribution in [1.29, 1.82) is 0 Å². The van der Waals surface area contributed by atoms with Gasteiger partial charge in [0.1, 0.15) is 0 Å². The number of hydrogen-bond donors (Lipinski definition) is 4. The van der Waals surface area contributed by atoms with E-state index in [4.69, 9.17) is 5.11 Å². The second-order valence-corrected chi connectivity index (χ2v) is 6.27. The van der Waals surface area contributed by atoms with Crippen LogP contribution in [-0.2, 0) is 4.79 Å². The van der Waals surface area contributed by atoms with E-state index in [0.717, 1.165) is 19.3 Å². The molecule has 0 aromatic rings. The average molecular weight is 379 g/mol. The number of unbranched alkanes of at least 4 members (excludes halogenated alkanes) is 2. The Balaban J connectivity index is 3.94. The molecule has 0 aromatic heterocycles. The molecule has 0 fully saturated rings. The third-order valence-electron chi connectivity index (χ3n) is 3.76. The summed E-state index contributed by atoms with van der Waals surface area (Å²) in [4.78, 5) is 10.4. The highest BCUT2D eigenvalue weighted by molar-refractivity contribution is 5.66. The first kappa shape index (κ1) is 25.1. The maximum atomic E-state index is 10.4. The molecule has 27 heavy (non-hydrogen) atoms. The van der Waals surface area contributed by atoms with Crippen LogP contribution in [0.25, 0.3) is 0 Å². The van der Waals surface area contributed by atoms with E-state index < -0.39 is 24.3 Å². The molecular weight excluding hydrogens is 344 g/mol. The highest BCUT2D eigenvalue weighted by atomic mass is 16.4. The van der Waals surface area contributed by atoms with Crippen molar-refractivity contribution in [2.45, 2.75) is 70.2 Å². The predicted molar refractivity (Wildman–Crippen MR) is 109 cm³/mol. The third kappa shape index (κ3) is 17.2. The number of allylic oxidation sites excluding steroid dienone is 7. The first-order chi connectivity index (χ1) is 13.0. The Morgan fingerprint density at radius 1 is 0.852 bits per heavy atom. The lowest BCUT2D eigenvalue weighted by Gasteiger charge is -2.11. The molecule has 3 unspecified atom stereocenters. The van der Waals surface area contributed by atoms with E-state index in [2.05, 4.69) is 0 Å². The molecule has 0 aliphatic heterocycles. The fourth-order valence-electron chi connectivity index (χ4n) is 2.20. The van der Waals surface area contributed by atoms with Crippen LogP contribution in [0, 0.1) is 0 Å². The van der Waals surface area contributed by atoms with Crippen LogP contribution in [0.3, 0.4) is 0 Å². The van der Waals surface area contributed by atoms with Crippen LogP contribution in [0.5, 0.6) is 0 Å². The molecule has 0 spiro atoms. The molecule has 0 heterocycles. The normalized spacial score (nSPS) is 16.3. The molecule has 0 amide bonds. The summed E-state index contributed by atoms with van der Waals surface area (Å²) >= 11 is 0. The Bertz CT molecular complexity index is 517. The van der Waals surface area contributed by atoms with Crippen molar-refractivity contribution in [3.05, 3.63) is 60.8 Å². The maximum Gasteiger partial charge on any atom is 0.303 e. The van der Waals surface area contributed by atoms with Crippen molar-refractivity contribution in [3.63, 3.8) is 0 Å². The second kappa shape index (κ2) is 17.5. The van der Waals surface area contributed by atoms with E-state index >= 15 is 0 Å². The van der Waals surface area contributed by atoms with Crippen molar-refractivity contribution in [2.24, 2.45) is 0 Å². The number of carboxylic acid groups (broad SMARTS) is 1. The molecule has 152 valence electrons. The zero-order valence-corrected chi connectivity index (χ0v) is 16.2. The number of carbonyl (C=O) groups is 1. The van der Waals surface area contributed by atoms with Crippen LogP contribution in [0.1, 0.15) is 51.9 Å². The van der Waals surface area contributed by atoms with Gasteiger partial charge in [0, 0.05) is 6.42 Å². The first-order valence-corrected chi connectivity index (χ1v) is 9.56. The molecule has 0 aliphatic rings. The van der Waals surface area contributed by atoms with Gasteiger partial charge in [-0.2, -0.15) is 0 Å². The summed E-state index contributed by atoms with van der Waals surface area (Å²) < 4.78 is 0. The number of aliphatic carboxylic acids is 1. The van der Waals surface area contributed by atoms with Crippen molar-refractivity contribution in [3.8, 4) is 0 Å². The van der Waals surface area contributed by atoms with Crippen molar-refractivity contribution < 1.29 is 25.2 Å². The number of aliphatic hydroxyl groups excluding tert-OH is 3. The SMILES string of the molecule is CC/C=C\CC(O)C(O)/C=C/C=C/C=C\C=C\C(O)CCCCCC(=O)O. The zero-order chi connectivity index (χ0) is 20.3. The summed E-state index contributed by atoms with van der Waals surface area (Å²) in [6.07, 6.45) is 19.8. The molecule has 0 bridgehead atoms. The van der Waals surface area contributed by atoms with Gasteiger partial charge in [-0.05, 0) is 25.7 Å². The highest BCUT2D eigenvalue weighted by Crippen LogP contribution is 2.07. The number of aliphatic hydroxyl groups is 3. The summed E-state index contributed by atoms with van der Waals surface area (Å²) in [7, 11) is 0. The standard InChI is InChI=1S/C22H34O5/c1-2-3-9-16-20(24)21(25)17-12-7-5-4-6-10-14-19(23)15-11-8-13-18-22(26)27/h3-7,9-10,12,14,17,19-21,23-25H,2,8,11,13,15-16,18H2,1H3,(H,26,27)/b6-4-,7-5+,9-3-,14-10+,17-12+. The van der Waals surface area contributed by atoms with Crippen LogP contribution >= 0.6 is 0 Å². The molecule has 0 radical (unpaired) electrons. The lowest BCUT2D eigenvalue weighted by Crippen LogP contribution is -2.22. The van der Waals surface area contributed by atoms with E-state index in [1.165, 1.54) is 0 Å². The van der Waals surface area contributed by atoms with Crippen LogP contribution in [-0.4, -0.2) is 44.7 Å². The lowest BCUT2D eigenvalue weighted by atomic mass is 10.1. The summed E-state index contributed by atoms with van der Waals surface area (Å²) in [6, 6.07) is 0. The Kier molecular flexibility index (Phi) is 16.2. The van der Waals surface area contributed by atoms with Crippen molar-refractivity contribution >= 4 is 5.97 Å². The van der Waals surface area contributed by atoms with Crippen LogP contribution < -0.4 is 0 Å². The van der Waals surface area contributed by atoms with Gasteiger partial charge in [-0.15, -0.1) is 0 Å². The van der Waals surface area contributed by atoms with E-state index in [9.17, 15) is 20.1 Å². The Labute approximate surface area is 162 Å². The molecule has 3 atom stereocenters. The lowest BCUT2D eigenvalue weighted by molar-refractivity contribution is -0.137. The van der Waals surface area contributed by atoms with Gasteiger partial charge in [0.25, 0.3) is 0 Å². The van der Waals surface area contributed by atoms with Gasteiger partial charge >= 0.3 is 5.97 Å². The second-order valence-electron chi connectivity index (χ2n) is 6.27. The molecule has 5 heteroatoms. The largest absolute Gasteiger partial charge is 0.481 e. The molecule has 0 rings (SSSR count). The molecular formula is C22H34O5. The summed E-state index contributed by atoms with van der Waals surface area (Å²) in [5.41, 5.74) is 0. The minimum Gasteiger partial charge on any atom is -0.481 e. The van der Waals surface area contributed by atoms with Gasteiger partial charge in [0.2, 0.25) is 0 Å². The summed E-state index contributed by atoms with van der Waals surface area (Å²) in [6.45, 7) is 2.01. The minimum atomic E-state index is -0.898. The molecule has 0 aromatic carbocycles. The molecule has 0 saturated carbocycles. The van der Waals surface area contributed by atoms with Crippen LogP contribution in [0.15, 0.2) is 60.8 Å².